The van der Waals surface area contributed by atoms with Crippen molar-refractivity contribution < 1.29 is 9.32 Å². The molecule has 6 aromatic rings. The Morgan fingerprint density at radius 3 is 2.28 bits per heavy atom. The molecule has 230 valence electrons. The number of allylic oxidation sites excluding steroid dienone is 1. The number of rotatable bonds is 9. The molecule has 2 N–H and O–H groups in total. The van der Waals surface area contributed by atoms with Crippen molar-refractivity contribution in [1.29, 1.82) is 0 Å². The molecule has 1 unspecified atom stereocenters. The molecule has 0 aliphatic heterocycles. The minimum Gasteiger partial charge on any atom is -0.359 e. The molecule has 2 heterocycles. The van der Waals surface area contributed by atoms with Gasteiger partial charge in [0.05, 0.1) is 17.3 Å². The van der Waals surface area contributed by atoms with Crippen molar-refractivity contribution in [2.75, 3.05) is 5.32 Å². The van der Waals surface area contributed by atoms with E-state index in [0.717, 1.165) is 38.9 Å². The third kappa shape index (κ3) is 5.97. The molecule has 4 aromatic carbocycles. The fraction of sp³-hybridized carbons (Fsp3) is 0.105. The SMILES string of the molecule is C=CN(/C(=C(\C)c1ccccc1)c1c(C(=O)Nc2noc(C)c2-c2ccccc2)[nH]c2cc(Cl)ccc12)C(C)c1ccc(Cl)cc1. The number of halogens is 2. The second-order valence-corrected chi connectivity index (χ2v) is 11.9. The second kappa shape index (κ2) is 13.1. The molecule has 2 aromatic heterocycles. The Labute approximate surface area is 277 Å². The monoisotopic (exact) mass is 646 g/mol. The highest BCUT2D eigenvalue weighted by Crippen LogP contribution is 2.41. The van der Waals surface area contributed by atoms with E-state index in [1.807, 2.05) is 97.9 Å². The number of carbonyl (C=O) groups is 1. The van der Waals surface area contributed by atoms with Gasteiger partial charge in [-0.15, -0.1) is 0 Å². The largest absolute Gasteiger partial charge is 0.359 e. The Balaban J connectivity index is 1.56. The first-order chi connectivity index (χ1) is 22.3. The standard InChI is InChI=1S/C38H32Cl2N4O2/c1-5-44(24(3)27-16-18-29(39)19-17-27)36(23(2)26-12-8-6-9-13-26)34-31-21-20-30(40)22-32(31)41-35(34)38(45)42-37-33(25(4)46-43-37)28-14-10-7-11-15-28/h5-22,24,41H,1H2,2-4H3,(H,42,43,45)/b36-23+. The van der Waals surface area contributed by atoms with E-state index in [0.29, 0.717) is 38.4 Å². The van der Waals surface area contributed by atoms with E-state index >= 15 is 0 Å². The molecule has 6 nitrogen and oxygen atoms in total. The van der Waals surface area contributed by atoms with Crippen LogP contribution in [0.4, 0.5) is 5.82 Å². The Morgan fingerprint density at radius 2 is 1.61 bits per heavy atom. The van der Waals surface area contributed by atoms with Crippen molar-refractivity contribution in [1.82, 2.24) is 15.0 Å². The molecular formula is C38H32Cl2N4O2. The number of hydrogen-bond acceptors (Lipinski definition) is 4. The van der Waals surface area contributed by atoms with Crippen LogP contribution in [0, 0.1) is 6.92 Å². The Hall–Kier alpha value is -5.04. The predicted molar refractivity (Wildman–Crippen MR) is 189 cm³/mol. The molecule has 0 aliphatic rings. The van der Waals surface area contributed by atoms with Crippen LogP contribution in [-0.2, 0) is 0 Å². The fourth-order valence-corrected chi connectivity index (χ4v) is 6.14. The summed E-state index contributed by atoms with van der Waals surface area (Å²) in [6.45, 7) is 10.2. The van der Waals surface area contributed by atoms with Crippen molar-refractivity contribution in [2.45, 2.75) is 26.8 Å². The highest BCUT2D eigenvalue weighted by Gasteiger charge is 2.29. The molecule has 8 heteroatoms. The lowest BCUT2D eigenvalue weighted by Gasteiger charge is -2.32. The number of amides is 1. The topological polar surface area (TPSA) is 74.2 Å². The molecule has 0 saturated heterocycles. The number of H-pyrrole nitrogens is 1. The van der Waals surface area contributed by atoms with Crippen LogP contribution >= 0.6 is 23.2 Å². The van der Waals surface area contributed by atoms with Crippen LogP contribution in [0.15, 0.2) is 120 Å². The third-order valence-electron chi connectivity index (χ3n) is 8.17. The van der Waals surface area contributed by atoms with E-state index in [-0.39, 0.29) is 11.9 Å². The second-order valence-electron chi connectivity index (χ2n) is 11.0. The summed E-state index contributed by atoms with van der Waals surface area (Å²) < 4.78 is 5.55. The molecule has 1 amide bonds. The molecule has 0 aliphatic carbocycles. The zero-order chi connectivity index (χ0) is 32.4. The molecule has 0 radical (unpaired) electrons. The van der Waals surface area contributed by atoms with Crippen LogP contribution in [0.3, 0.4) is 0 Å². The maximum atomic E-state index is 14.4. The first-order valence-corrected chi connectivity index (χ1v) is 15.6. The van der Waals surface area contributed by atoms with Crippen molar-refractivity contribution in [3.63, 3.8) is 0 Å². The number of fused-ring (bicyclic) bond motifs is 1. The first-order valence-electron chi connectivity index (χ1n) is 14.8. The normalized spacial score (nSPS) is 12.5. The average Bonchev–Trinajstić information content (AvgIpc) is 3.63. The molecule has 0 fully saturated rings. The van der Waals surface area contributed by atoms with Crippen molar-refractivity contribution in [3.05, 3.63) is 154 Å². The van der Waals surface area contributed by atoms with E-state index < -0.39 is 0 Å². The predicted octanol–water partition coefficient (Wildman–Crippen LogP) is 10.8. The summed E-state index contributed by atoms with van der Waals surface area (Å²) in [5.41, 5.74) is 7.16. The number of nitrogens with one attached hydrogen (secondary N) is 2. The van der Waals surface area contributed by atoms with Gasteiger partial charge in [-0.2, -0.15) is 0 Å². The number of aryl methyl sites for hydroxylation is 1. The van der Waals surface area contributed by atoms with Crippen LogP contribution in [0.5, 0.6) is 0 Å². The molecule has 0 saturated carbocycles. The van der Waals surface area contributed by atoms with Gasteiger partial charge in [-0.3, -0.25) is 4.79 Å². The average molecular weight is 648 g/mol. The number of hydrogen-bond donors (Lipinski definition) is 2. The summed E-state index contributed by atoms with van der Waals surface area (Å²) in [5.74, 6) is 0.548. The zero-order valence-corrected chi connectivity index (χ0v) is 27.2. The third-order valence-corrected chi connectivity index (χ3v) is 8.66. The van der Waals surface area contributed by atoms with E-state index in [4.69, 9.17) is 27.7 Å². The van der Waals surface area contributed by atoms with Gasteiger partial charge in [-0.05, 0) is 73.5 Å². The first kappa shape index (κ1) is 31.0. The number of anilines is 1. The van der Waals surface area contributed by atoms with Crippen LogP contribution < -0.4 is 5.32 Å². The fourth-order valence-electron chi connectivity index (χ4n) is 5.84. The van der Waals surface area contributed by atoms with Crippen molar-refractivity contribution in [3.8, 4) is 11.1 Å². The van der Waals surface area contributed by atoms with E-state index in [2.05, 4.69) is 52.9 Å². The lowest BCUT2D eigenvalue weighted by atomic mass is 9.95. The number of benzene rings is 4. The van der Waals surface area contributed by atoms with Gasteiger partial charge >= 0.3 is 0 Å². The minimum atomic E-state index is -0.380. The molecular weight excluding hydrogens is 615 g/mol. The molecule has 0 bridgehead atoms. The minimum absolute atomic E-state index is 0.167. The maximum absolute atomic E-state index is 14.4. The van der Waals surface area contributed by atoms with Gasteiger partial charge in [0.25, 0.3) is 5.91 Å². The van der Waals surface area contributed by atoms with Crippen LogP contribution in [0.1, 0.15) is 52.8 Å². The summed E-state index contributed by atoms with van der Waals surface area (Å²) >= 11 is 12.7. The van der Waals surface area contributed by atoms with E-state index in [9.17, 15) is 4.79 Å². The number of nitrogens with zero attached hydrogens (tertiary/aromatic N) is 2. The van der Waals surface area contributed by atoms with Gasteiger partial charge in [0, 0.05) is 26.5 Å². The Kier molecular flexibility index (Phi) is 8.84. The summed E-state index contributed by atoms with van der Waals surface area (Å²) in [7, 11) is 0. The highest BCUT2D eigenvalue weighted by molar-refractivity contribution is 6.31. The maximum Gasteiger partial charge on any atom is 0.274 e. The summed E-state index contributed by atoms with van der Waals surface area (Å²) in [4.78, 5) is 19.9. The van der Waals surface area contributed by atoms with Gasteiger partial charge in [0.15, 0.2) is 5.82 Å². The molecule has 1 atom stereocenters. The number of aromatic nitrogens is 2. The van der Waals surface area contributed by atoms with Gasteiger partial charge < -0.3 is 19.7 Å². The van der Waals surface area contributed by atoms with Gasteiger partial charge in [-0.1, -0.05) is 114 Å². The van der Waals surface area contributed by atoms with Crippen LogP contribution in [0.25, 0.3) is 33.3 Å². The highest BCUT2D eigenvalue weighted by atomic mass is 35.5. The molecule has 46 heavy (non-hydrogen) atoms. The van der Waals surface area contributed by atoms with E-state index in [1.165, 1.54) is 0 Å². The van der Waals surface area contributed by atoms with Gasteiger partial charge in [0.1, 0.15) is 11.5 Å². The summed E-state index contributed by atoms with van der Waals surface area (Å²) in [6, 6.07) is 33.0. The quantitative estimate of drug-likeness (QED) is 0.164. The summed E-state index contributed by atoms with van der Waals surface area (Å²) in [5, 5.41) is 9.28. The van der Waals surface area contributed by atoms with Gasteiger partial charge in [-0.25, -0.2) is 0 Å². The Morgan fingerprint density at radius 1 is 0.957 bits per heavy atom. The Bertz CT molecular complexity index is 2060. The van der Waals surface area contributed by atoms with Crippen molar-refractivity contribution >= 4 is 57.1 Å². The van der Waals surface area contributed by atoms with E-state index in [1.54, 1.807) is 6.20 Å². The summed E-state index contributed by atoms with van der Waals surface area (Å²) in [6.07, 6.45) is 1.80. The molecule has 0 spiro atoms. The smallest absolute Gasteiger partial charge is 0.274 e. The lowest BCUT2D eigenvalue weighted by Crippen LogP contribution is -2.23. The number of carbonyl (C=O) groups excluding carboxylic acids is 1. The molecule has 6 rings (SSSR count). The number of aromatic amines is 1. The van der Waals surface area contributed by atoms with Crippen LogP contribution in [-0.4, -0.2) is 20.9 Å². The van der Waals surface area contributed by atoms with Gasteiger partial charge in [0.2, 0.25) is 0 Å². The van der Waals surface area contributed by atoms with Crippen molar-refractivity contribution in [2.24, 2.45) is 0 Å². The van der Waals surface area contributed by atoms with Crippen LogP contribution in [0.2, 0.25) is 10.0 Å². The zero-order valence-electron chi connectivity index (χ0n) is 25.6. The lowest BCUT2D eigenvalue weighted by molar-refractivity contribution is 0.102.